The van der Waals surface area contributed by atoms with Crippen LogP contribution in [0.2, 0.25) is 0 Å². The van der Waals surface area contributed by atoms with Gasteiger partial charge in [-0.2, -0.15) is 5.10 Å². The second-order valence-corrected chi connectivity index (χ2v) is 5.69. The molecule has 1 fully saturated rings. The summed E-state index contributed by atoms with van der Waals surface area (Å²) in [7, 11) is 0. The molecule has 7 nitrogen and oxygen atoms in total. The lowest BCUT2D eigenvalue weighted by Gasteiger charge is -2.32. The summed E-state index contributed by atoms with van der Waals surface area (Å²) >= 11 is 0. The van der Waals surface area contributed by atoms with Crippen LogP contribution in [0.5, 0.6) is 0 Å². The number of aromatic nitrogens is 4. The van der Waals surface area contributed by atoms with Crippen LogP contribution in [0.25, 0.3) is 5.82 Å². The Bertz CT molecular complexity index is 667. The summed E-state index contributed by atoms with van der Waals surface area (Å²) in [6.45, 7) is 5.70. The van der Waals surface area contributed by atoms with Crippen molar-refractivity contribution in [2.75, 3.05) is 24.6 Å². The number of rotatable bonds is 4. The summed E-state index contributed by atoms with van der Waals surface area (Å²) in [6, 6.07) is 5.74. The van der Waals surface area contributed by atoms with E-state index >= 15 is 0 Å². The molecule has 2 aromatic rings. The van der Waals surface area contributed by atoms with Gasteiger partial charge in [0.25, 0.3) is 0 Å². The Balaban J connectivity index is 1.70. The summed E-state index contributed by atoms with van der Waals surface area (Å²) in [5.74, 6) is 1.26. The Hall–Kier alpha value is -2.44. The lowest BCUT2D eigenvalue weighted by atomic mass is 9.98. The molecule has 3 rings (SSSR count). The van der Waals surface area contributed by atoms with Crippen LogP contribution in [-0.2, 0) is 9.53 Å². The molecule has 0 aliphatic carbocycles. The lowest BCUT2D eigenvalue weighted by molar-refractivity contribution is -0.148. The van der Waals surface area contributed by atoms with Gasteiger partial charge in [-0.3, -0.25) is 4.79 Å². The molecule has 122 valence electrons. The van der Waals surface area contributed by atoms with E-state index in [0.717, 1.165) is 30.9 Å². The Morgan fingerprint density at radius 1 is 1.30 bits per heavy atom. The van der Waals surface area contributed by atoms with Gasteiger partial charge in [0.2, 0.25) is 0 Å². The third-order valence-electron chi connectivity index (χ3n) is 3.96. The van der Waals surface area contributed by atoms with Crippen molar-refractivity contribution in [1.29, 1.82) is 0 Å². The molecule has 0 bridgehead atoms. The Kier molecular flexibility index (Phi) is 4.55. The maximum absolute atomic E-state index is 11.9. The van der Waals surface area contributed by atoms with Crippen LogP contribution in [-0.4, -0.2) is 45.6 Å². The number of nitrogens with zero attached hydrogens (tertiary/aromatic N) is 5. The first-order chi connectivity index (χ1) is 11.2. The van der Waals surface area contributed by atoms with E-state index in [0.29, 0.717) is 19.0 Å². The van der Waals surface area contributed by atoms with Gasteiger partial charge in [-0.15, -0.1) is 10.2 Å². The number of carbonyl (C=O) groups excluding carboxylic acids is 1. The number of hydrogen-bond donors (Lipinski definition) is 0. The van der Waals surface area contributed by atoms with E-state index in [-0.39, 0.29) is 11.9 Å². The van der Waals surface area contributed by atoms with E-state index < -0.39 is 0 Å². The molecule has 3 heterocycles. The standard InChI is InChI=1S/C16H21N5O2/c1-3-23-16(22)13-5-4-9-20(11-13)14-6-7-15(18-17-14)21-10-8-12(2)19-21/h6-8,10,13H,3-5,9,11H2,1-2H3/t13-/m1/s1. The first kappa shape index (κ1) is 15.5. The minimum atomic E-state index is -0.117. The fraction of sp³-hybridized carbons (Fsp3) is 0.500. The van der Waals surface area contributed by atoms with E-state index in [1.54, 1.807) is 4.68 Å². The Morgan fingerprint density at radius 3 is 2.74 bits per heavy atom. The molecule has 1 saturated heterocycles. The van der Waals surface area contributed by atoms with Gasteiger partial charge in [-0.05, 0) is 44.9 Å². The zero-order valence-electron chi connectivity index (χ0n) is 13.5. The molecular formula is C16H21N5O2. The highest BCUT2D eigenvalue weighted by Crippen LogP contribution is 2.22. The predicted octanol–water partition coefficient (Wildman–Crippen LogP) is 1.75. The quantitative estimate of drug-likeness (QED) is 0.800. The highest BCUT2D eigenvalue weighted by molar-refractivity contribution is 5.73. The number of anilines is 1. The maximum Gasteiger partial charge on any atom is 0.310 e. The van der Waals surface area contributed by atoms with Crippen LogP contribution in [0, 0.1) is 12.8 Å². The summed E-state index contributed by atoms with van der Waals surface area (Å²) < 4.78 is 6.83. The molecule has 0 spiro atoms. The third-order valence-corrected chi connectivity index (χ3v) is 3.96. The van der Waals surface area contributed by atoms with E-state index in [9.17, 15) is 4.79 Å². The lowest BCUT2D eigenvalue weighted by Crippen LogP contribution is -2.40. The first-order valence-electron chi connectivity index (χ1n) is 7.95. The zero-order valence-corrected chi connectivity index (χ0v) is 13.5. The van der Waals surface area contributed by atoms with Gasteiger partial charge in [-0.25, -0.2) is 4.68 Å². The van der Waals surface area contributed by atoms with Crippen molar-refractivity contribution in [3.8, 4) is 5.82 Å². The molecule has 23 heavy (non-hydrogen) atoms. The Morgan fingerprint density at radius 2 is 2.09 bits per heavy atom. The normalized spacial score (nSPS) is 18.0. The van der Waals surface area contributed by atoms with Crippen LogP contribution in [0.4, 0.5) is 5.82 Å². The topological polar surface area (TPSA) is 73.1 Å². The van der Waals surface area contributed by atoms with Gasteiger partial charge in [0, 0.05) is 19.3 Å². The number of hydrogen-bond acceptors (Lipinski definition) is 6. The Labute approximate surface area is 135 Å². The van der Waals surface area contributed by atoms with Crippen molar-refractivity contribution in [2.24, 2.45) is 5.92 Å². The molecule has 0 unspecified atom stereocenters. The third kappa shape index (κ3) is 3.49. The van der Waals surface area contributed by atoms with Crippen LogP contribution in [0.15, 0.2) is 24.4 Å². The summed E-state index contributed by atoms with van der Waals surface area (Å²) in [6.07, 6.45) is 3.68. The van der Waals surface area contributed by atoms with Crippen molar-refractivity contribution >= 4 is 11.8 Å². The molecule has 2 aromatic heterocycles. The van der Waals surface area contributed by atoms with Crippen molar-refractivity contribution in [1.82, 2.24) is 20.0 Å². The molecule has 0 saturated carbocycles. The van der Waals surface area contributed by atoms with Crippen LogP contribution >= 0.6 is 0 Å². The fourth-order valence-corrected chi connectivity index (χ4v) is 2.79. The van der Waals surface area contributed by atoms with Crippen LogP contribution in [0.1, 0.15) is 25.5 Å². The molecule has 1 aliphatic rings. The molecule has 1 atom stereocenters. The summed E-state index contributed by atoms with van der Waals surface area (Å²) in [5, 5.41) is 12.8. The maximum atomic E-state index is 11.9. The molecule has 1 aliphatic heterocycles. The van der Waals surface area contributed by atoms with E-state index in [2.05, 4.69) is 20.2 Å². The molecule has 0 radical (unpaired) electrons. The monoisotopic (exact) mass is 315 g/mol. The smallest absolute Gasteiger partial charge is 0.310 e. The first-order valence-corrected chi connectivity index (χ1v) is 7.95. The largest absolute Gasteiger partial charge is 0.466 e. The van der Waals surface area contributed by atoms with E-state index in [4.69, 9.17) is 4.74 Å². The zero-order chi connectivity index (χ0) is 16.2. The summed E-state index contributed by atoms with van der Waals surface area (Å²) in [5.41, 5.74) is 0.934. The van der Waals surface area contributed by atoms with Crippen molar-refractivity contribution in [3.63, 3.8) is 0 Å². The van der Waals surface area contributed by atoms with Gasteiger partial charge in [-0.1, -0.05) is 0 Å². The van der Waals surface area contributed by atoms with Crippen molar-refractivity contribution in [3.05, 3.63) is 30.1 Å². The number of piperidine rings is 1. The highest BCUT2D eigenvalue weighted by Gasteiger charge is 2.27. The van der Waals surface area contributed by atoms with E-state index in [1.807, 2.05) is 38.2 Å². The van der Waals surface area contributed by atoms with Gasteiger partial charge in [0.05, 0.1) is 18.2 Å². The SMILES string of the molecule is CCOC(=O)[C@@H]1CCCN(c2ccc(-n3ccc(C)n3)nn2)C1. The number of esters is 1. The highest BCUT2D eigenvalue weighted by atomic mass is 16.5. The van der Waals surface area contributed by atoms with Crippen LogP contribution in [0.3, 0.4) is 0 Å². The van der Waals surface area contributed by atoms with Crippen LogP contribution < -0.4 is 4.90 Å². The second kappa shape index (κ2) is 6.76. The van der Waals surface area contributed by atoms with Gasteiger partial charge in [0.1, 0.15) is 0 Å². The van der Waals surface area contributed by atoms with Crippen molar-refractivity contribution in [2.45, 2.75) is 26.7 Å². The minimum Gasteiger partial charge on any atom is -0.466 e. The molecule has 0 N–H and O–H groups in total. The number of carbonyl (C=O) groups is 1. The predicted molar refractivity (Wildman–Crippen MR) is 85.5 cm³/mol. The summed E-state index contributed by atoms with van der Waals surface area (Å²) in [4.78, 5) is 14.0. The second-order valence-electron chi connectivity index (χ2n) is 5.69. The molecule has 0 amide bonds. The molecule has 0 aromatic carbocycles. The van der Waals surface area contributed by atoms with Gasteiger partial charge in [0.15, 0.2) is 11.6 Å². The van der Waals surface area contributed by atoms with E-state index in [1.165, 1.54) is 0 Å². The van der Waals surface area contributed by atoms with Gasteiger partial charge >= 0.3 is 5.97 Å². The fourth-order valence-electron chi connectivity index (χ4n) is 2.79. The van der Waals surface area contributed by atoms with Gasteiger partial charge < -0.3 is 9.64 Å². The molecule has 7 heteroatoms. The number of aryl methyl sites for hydroxylation is 1. The average Bonchev–Trinajstić information content (AvgIpc) is 3.02. The number of ether oxygens (including phenoxy) is 1. The average molecular weight is 315 g/mol. The molecular weight excluding hydrogens is 294 g/mol. The van der Waals surface area contributed by atoms with Crippen molar-refractivity contribution < 1.29 is 9.53 Å². The minimum absolute atomic E-state index is 0.0843.